The Kier molecular flexibility index (Phi) is 4.15. The Morgan fingerprint density at radius 1 is 1.46 bits per heavy atom. The number of hydrogen-bond acceptors (Lipinski definition) is 4. The van der Waals surface area contributed by atoms with Crippen LogP contribution in [0.2, 0.25) is 0 Å². The molecule has 0 spiro atoms. The molecule has 0 saturated heterocycles. The smallest absolute Gasteiger partial charge is 0.338 e. The third-order valence-corrected chi connectivity index (χ3v) is 4.94. The second-order valence-corrected chi connectivity index (χ2v) is 6.86. The van der Waals surface area contributed by atoms with Gasteiger partial charge in [0.25, 0.3) is 5.91 Å². The zero-order chi connectivity index (χ0) is 17.4. The number of nitrogens with one attached hydrogen (secondary N) is 1. The van der Waals surface area contributed by atoms with Crippen LogP contribution < -0.4 is 0 Å². The summed E-state index contributed by atoms with van der Waals surface area (Å²) in [5.74, 6) is -1.14. The van der Waals surface area contributed by atoms with Crippen molar-refractivity contribution in [3.05, 3.63) is 40.2 Å². The van der Waals surface area contributed by atoms with E-state index in [2.05, 4.69) is 10.1 Å². The van der Waals surface area contributed by atoms with Gasteiger partial charge in [0, 0.05) is 36.8 Å². The maximum absolute atomic E-state index is 12.7. The first kappa shape index (κ1) is 16.3. The molecule has 0 fully saturated rings. The van der Waals surface area contributed by atoms with E-state index in [-0.39, 0.29) is 11.5 Å². The molecule has 0 radical (unpaired) electrons. The zero-order valence-corrected chi connectivity index (χ0v) is 14.5. The van der Waals surface area contributed by atoms with E-state index in [1.807, 2.05) is 20.2 Å². The van der Waals surface area contributed by atoms with Crippen molar-refractivity contribution in [2.45, 2.75) is 20.4 Å². The predicted octanol–water partition coefficient (Wildman–Crippen LogP) is 2.63. The SMILES string of the molecule is CCN(Cc1cnn(C)c1)C(=O)c1cc2sc(C)c(C(=O)O)c2[nH]1. The number of rotatable bonds is 5. The molecule has 8 heteroatoms. The molecule has 0 unspecified atom stereocenters. The number of fused-ring (bicyclic) bond motifs is 1. The zero-order valence-electron chi connectivity index (χ0n) is 13.7. The molecule has 3 heterocycles. The fourth-order valence-corrected chi connectivity index (χ4v) is 3.79. The van der Waals surface area contributed by atoms with E-state index >= 15 is 0 Å². The minimum absolute atomic E-state index is 0.154. The third kappa shape index (κ3) is 2.80. The highest BCUT2D eigenvalue weighted by Crippen LogP contribution is 2.31. The van der Waals surface area contributed by atoms with Gasteiger partial charge in [0.05, 0.1) is 22.0 Å². The van der Waals surface area contributed by atoms with Crippen molar-refractivity contribution in [1.29, 1.82) is 0 Å². The number of carboxylic acids is 1. The lowest BCUT2D eigenvalue weighted by molar-refractivity contribution is 0.0696. The molecule has 0 atom stereocenters. The Balaban J connectivity index is 1.90. The summed E-state index contributed by atoms with van der Waals surface area (Å²) in [5, 5.41) is 13.4. The minimum atomic E-state index is -0.984. The van der Waals surface area contributed by atoms with Gasteiger partial charge >= 0.3 is 5.97 Å². The molecule has 0 aliphatic carbocycles. The molecule has 0 bridgehead atoms. The number of hydrogen-bond donors (Lipinski definition) is 2. The van der Waals surface area contributed by atoms with Crippen LogP contribution in [-0.2, 0) is 13.6 Å². The van der Waals surface area contributed by atoms with E-state index in [0.717, 1.165) is 15.1 Å². The van der Waals surface area contributed by atoms with Crippen molar-refractivity contribution in [2.75, 3.05) is 6.54 Å². The maximum Gasteiger partial charge on any atom is 0.338 e. The minimum Gasteiger partial charge on any atom is -0.478 e. The second-order valence-electron chi connectivity index (χ2n) is 5.60. The molecule has 0 aliphatic heterocycles. The second kappa shape index (κ2) is 6.12. The molecule has 3 aromatic rings. The lowest BCUT2D eigenvalue weighted by Gasteiger charge is -2.19. The van der Waals surface area contributed by atoms with E-state index in [4.69, 9.17) is 0 Å². The Labute approximate surface area is 142 Å². The summed E-state index contributed by atoms with van der Waals surface area (Å²) < 4.78 is 2.48. The lowest BCUT2D eigenvalue weighted by atomic mass is 10.2. The lowest BCUT2D eigenvalue weighted by Crippen LogP contribution is -2.30. The number of aromatic carboxylic acids is 1. The first-order chi connectivity index (χ1) is 11.4. The molecule has 126 valence electrons. The number of nitrogens with zero attached hydrogens (tertiary/aromatic N) is 3. The van der Waals surface area contributed by atoms with Gasteiger partial charge in [-0.25, -0.2) is 4.79 Å². The number of aromatic amines is 1. The highest BCUT2D eigenvalue weighted by Gasteiger charge is 2.22. The Morgan fingerprint density at radius 3 is 2.79 bits per heavy atom. The number of thiophene rings is 1. The number of aromatic nitrogens is 3. The van der Waals surface area contributed by atoms with Crippen LogP contribution in [0.15, 0.2) is 18.5 Å². The van der Waals surface area contributed by atoms with E-state index in [9.17, 15) is 14.7 Å². The van der Waals surface area contributed by atoms with Crippen LogP contribution in [0.25, 0.3) is 10.2 Å². The summed E-state index contributed by atoms with van der Waals surface area (Å²) in [6, 6.07) is 1.73. The van der Waals surface area contributed by atoms with Crippen molar-refractivity contribution in [3.8, 4) is 0 Å². The van der Waals surface area contributed by atoms with Crippen LogP contribution in [0.3, 0.4) is 0 Å². The first-order valence-corrected chi connectivity index (χ1v) is 8.34. The molecule has 0 aromatic carbocycles. The molecular formula is C16H18N4O3S. The van der Waals surface area contributed by atoms with Crippen LogP contribution in [0, 0.1) is 6.92 Å². The first-order valence-electron chi connectivity index (χ1n) is 7.53. The van der Waals surface area contributed by atoms with Gasteiger partial charge in [-0.05, 0) is 19.9 Å². The van der Waals surface area contributed by atoms with Gasteiger partial charge in [0.15, 0.2) is 0 Å². The summed E-state index contributed by atoms with van der Waals surface area (Å²) in [6.45, 7) is 4.68. The fraction of sp³-hybridized carbons (Fsp3) is 0.312. The van der Waals surface area contributed by atoms with Gasteiger partial charge in [-0.1, -0.05) is 0 Å². The van der Waals surface area contributed by atoms with Crippen LogP contribution in [0.4, 0.5) is 0 Å². The monoisotopic (exact) mass is 346 g/mol. The van der Waals surface area contributed by atoms with Gasteiger partial charge in [-0.3, -0.25) is 9.48 Å². The topological polar surface area (TPSA) is 91.2 Å². The van der Waals surface area contributed by atoms with Gasteiger partial charge in [-0.15, -0.1) is 11.3 Å². The van der Waals surface area contributed by atoms with Crippen molar-refractivity contribution in [2.24, 2.45) is 7.05 Å². The Hall–Kier alpha value is -2.61. The molecule has 0 aliphatic rings. The number of carbonyl (C=O) groups excluding carboxylic acids is 1. The Morgan fingerprint density at radius 2 is 2.21 bits per heavy atom. The van der Waals surface area contributed by atoms with E-state index < -0.39 is 5.97 Å². The Bertz CT molecular complexity index is 921. The van der Waals surface area contributed by atoms with E-state index in [0.29, 0.717) is 24.3 Å². The van der Waals surface area contributed by atoms with Crippen LogP contribution in [0.5, 0.6) is 0 Å². The predicted molar refractivity (Wildman–Crippen MR) is 91.5 cm³/mol. The number of carboxylic acid groups (broad SMARTS) is 1. The summed E-state index contributed by atoms with van der Waals surface area (Å²) in [6.07, 6.45) is 3.60. The molecule has 3 rings (SSSR count). The number of H-pyrrole nitrogens is 1. The summed E-state index contributed by atoms with van der Waals surface area (Å²) in [5.41, 5.74) is 2.11. The molecule has 0 saturated carbocycles. The highest BCUT2D eigenvalue weighted by atomic mass is 32.1. The van der Waals surface area contributed by atoms with Gasteiger partial charge < -0.3 is 15.0 Å². The van der Waals surface area contributed by atoms with Gasteiger partial charge in [-0.2, -0.15) is 5.10 Å². The van der Waals surface area contributed by atoms with Crippen molar-refractivity contribution in [1.82, 2.24) is 19.7 Å². The van der Waals surface area contributed by atoms with Crippen LogP contribution in [0.1, 0.15) is 38.2 Å². The van der Waals surface area contributed by atoms with Gasteiger partial charge in [0.1, 0.15) is 5.69 Å². The average molecular weight is 346 g/mol. The normalized spacial score (nSPS) is 11.1. The highest BCUT2D eigenvalue weighted by molar-refractivity contribution is 7.19. The number of aryl methyl sites for hydroxylation is 2. The fourth-order valence-electron chi connectivity index (χ4n) is 2.74. The van der Waals surface area contributed by atoms with E-state index in [1.165, 1.54) is 11.3 Å². The molecular weight excluding hydrogens is 328 g/mol. The largest absolute Gasteiger partial charge is 0.478 e. The van der Waals surface area contributed by atoms with Crippen molar-refractivity contribution >= 4 is 33.4 Å². The van der Waals surface area contributed by atoms with Gasteiger partial charge in [0.2, 0.25) is 0 Å². The van der Waals surface area contributed by atoms with E-state index in [1.54, 1.807) is 28.8 Å². The van der Waals surface area contributed by atoms with Crippen molar-refractivity contribution in [3.63, 3.8) is 0 Å². The number of amides is 1. The molecule has 24 heavy (non-hydrogen) atoms. The molecule has 7 nitrogen and oxygen atoms in total. The third-order valence-electron chi connectivity index (χ3n) is 3.89. The average Bonchev–Trinajstić information content (AvgIpc) is 3.17. The van der Waals surface area contributed by atoms with Crippen LogP contribution in [-0.4, -0.2) is 43.2 Å². The van der Waals surface area contributed by atoms with Crippen LogP contribution >= 0.6 is 11.3 Å². The summed E-state index contributed by atoms with van der Waals surface area (Å²) in [7, 11) is 1.83. The molecule has 1 amide bonds. The number of carbonyl (C=O) groups is 2. The van der Waals surface area contributed by atoms with Crippen molar-refractivity contribution < 1.29 is 14.7 Å². The molecule has 2 N–H and O–H groups in total. The standard InChI is InChI=1S/C16H18N4O3S/c1-4-20(8-10-6-17-19(3)7-10)15(21)11-5-12-14(18-11)13(16(22)23)9(2)24-12/h5-7,18H,4,8H2,1-3H3,(H,22,23). The summed E-state index contributed by atoms with van der Waals surface area (Å²) >= 11 is 1.38. The summed E-state index contributed by atoms with van der Waals surface area (Å²) in [4.78, 5) is 29.5. The maximum atomic E-state index is 12.7. The molecule has 3 aromatic heterocycles. The quantitative estimate of drug-likeness (QED) is 0.743.